The van der Waals surface area contributed by atoms with Crippen molar-refractivity contribution >= 4 is 28.6 Å². The molecule has 1 nitrogen and oxygen atoms in total. The minimum absolute atomic E-state index is 0.992. The molecule has 0 bridgehead atoms. The van der Waals surface area contributed by atoms with Gasteiger partial charge in [-0.25, -0.2) is 3.21 Å². The van der Waals surface area contributed by atoms with E-state index in [0.717, 1.165) is 12.3 Å². The van der Waals surface area contributed by atoms with Crippen LogP contribution in [0.15, 0.2) is 33.5 Å². The molecule has 0 radical (unpaired) electrons. The SMILES string of the molecule is I/N=C(\CCC1CC1)c1ccccc1. The summed E-state index contributed by atoms with van der Waals surface area (Å²) in [5.74, 6) is 0.992. The van der Waals surface area contributed by atoms with Crippen molar-refractivity contribution in [3.8, 4) is 0 Å². The first kappa shape index (κ1) is 10.1. The lowest BCUT2D eigenvalue weighted by atomic mass is 10.0. The predicted molar refractivity (Wildman–Crippen MR) is 69.0 cm³/mol. The van der Waals surface area contributed by atoms with Crippen LogP contribution in [0, 0.1) is 5.92 Å². The smallest absolute Gasteiger partial charge is 0.0834 e. The molecule has 74 valence electrons. The molecule has 0 amide bonds. The predicted octanol–water partition coefficient (Wildman–Crippen LogP) is 4.02. The molecule has 1 fully saturated rings. The van der Waals surface area contributed by atoms with E-state index in [0.29, 0.717) is 0 Å². The van der Waals surface area contributed by atoms with Gasteiger partial charge in [-0.2, -0.15) is 0 Å². The average Bonchev–Trinajstić information content (AvgIpc) is 3.04. The second kappa shape index (κ2) is 4.91. The maximum absolute atomic E-state index is 4.34. The van der Waals surface area contributed by atoms with Crippen molar-refractivity contribution in [1.29, 1.82) is 0 Å². The summed E-state index contributed by atoms with van der Waals surface area (Å²) in [5, 5.41) is 0. The van der Waals surface area contributed by atoms with E-state index >= 15 is 0 Å². The first-order valence-electron chi connectivity index (χ1n) is 5.13. The lowest BCUT2D eigenvalue weighted by molar-refractivity contribution is 0.759. The Bertz CT molecular complexity index is 314. The van der Waals surface area contributed by atoms with Crippen LogP contribution in [0.2, 0.25) is 0 Å². The Balaban J connectivity index is 1.98. The van der Waals surface area contributed by atoms with Gasteiger partial charge in [-0.05, 0) is 24.3 Å². The van der Waals surface area contributed by atoms with E-state index in [-0.39, 0.29) is 0 Å². The van der Waals surface area contributed by atoms with Gasteiger partial charge in [-0.1, -0.05) is 43.2 Å². The molecule has 0 spiro atoms. The zero-order valence-corrected chi connectivity index (χ0v) is 10.3. The van der Waals surface area contributed by atoms with E-state index in [4.69, 9.17) is 0 Å². The molecule has 2 heteroatoms. The van der Waals surface area contributed by atoms with Gasteiger partial charge in [0.15, 0.2) is 0 Å². The van der Waals surface area contributed by atoms with Gasteiger partial charge < -0.3 is 0 Å². The zero-order valence-electron chi connectivity index (χ0n) is 8.12. The molecule has 0 N–H and O–H groups in total. The fourth-order valence-electron chi connectivity index (χ4n) is 1.61. The van der Waals surface area contributed by atoms with E-state index in [9.17, 15) is 0 Å². The summed E-state index contributed by atoms with van der Waals surface area (Å²) < 4.78 is 4.34. The van der Waals surface area contributed by atoms with Crippen LogP contribution in [-0.2, 0) is 0 Å². The molecular weight excluding hydrogens is 285 g/mol. The van der Waals surface area contributed by atoms with Gasteiger partial charge in [0, 0.05) is 0 Å². The Morgan fingerprint density at radius 1 is 1.29 bits per heavy atom. The molecule has 14 heavy (non-hydrogen) atoms. The molecule has 1 aromatic rings. The Morgan fingerprint density at radius 2 is 2.00 bits per heavy atom. The summed E-state index contributed by atoms with van der Waals surface area (Å²) in [7, 11) is 0. The van der Waals surface area contributed by atoms with Crippen LogP contribution in [0.4, 0.5) is 0 Å². The van der Waals surface area contributed by atoms with Gasteiger partial charge in [-0.15, -0.1) is 0 Å². The molecule has 1 aromatic carbocycles. The number of hydrogen-bond acceptors (Lipinski definition) is 1. The summed E-state index contributed by atoms with van der Waals surface area (Å²) in [5.41, 5.74) is 2.53. The van der Waals surface area contributed by atoms with Crippen molar-refractivity contribution < 1.29 is 0 Å². The minimum atomic E-state index is 0.992. The van der Waals surface area contributed by atoms with E-state index in [2.05, 4.69) is 56.4 Å². The van der Waals surface area contributed by atoms with Crippen molar-refractivity contribution in [2.45, 2.75) is 25.7 Å². The molecule has 2 rings (SSSR count). The van der Waals surface area contributed by atoms with Crippen LogP contribution in [0.5, 0.6) is 0 Å². The van der Waals surface area contributed by atoms with Crippen molar-refractivity contribution in [2.75, 3.05) is 0 Å². The third-order valence-electron chi connectivity index (χ3n) is 2.70. The topological polar surface area (TPSA) is 12.4 Å². The largest absolute Gasteiger partial charge is 0.219 e. The maximum atomic E-state index is 4.34. The maximum Gasteiger partial charge on any atom is 0.0834 e. The van der Waals surface area contributed by atoms with E-state index in [1.54, 1.807) is 0 Å². The summed E-state index contributed by atoms with van der Waals surface area (Å²) in [6, 6.07) is 10.5. The molecule has 0 heterocycles. The monoisotopic (exact) mass is 299 g/mol. The second-order valence-corrected chi connectivity index (χ2v) is 4.36. The fourth-order valence-corrected chi connectivity index (χ4v) is 2.13. The van der Waals surface area contributed by atoms with E-state index in [1.807, 2.05) is 0 Å². The van der Waals surface area contributed by atoms with Crippen molar-refractivity contribution in [3.05, 3.63) is 35.9 Å². The molecule has 1 aliphatic rings. The van der Waals surface area contributed by atoms with E-state index < -0.39 is 0 Å². The Hall–Kier alpha value is -0.380. The summed E-state index contributed by atoms with van der Waals surface area (Å²) in [6.45, 7) is 0. The number of benzene rings is 1. The highest BCUT2D eigenvalue weighted by atomic mass is 127. The number of nitrogens with zero attached hydrogens (tertiary/aromatic N) is 1. The van der Waals surface area contributed by atoms with Gasteiger partial charge in [0.2, 0.25) is 0 Å². The highest BCUT2D eigenvalue weighted by Gasteiger charge is 2.21. The first-order chi connectivity index (χ1) is 6.90. The van der Waals surface area contributed by atoms with Crippen LogP contribution < -0.4 is 0 Å². The number of rotatable bonds is 4. The van der Waals surface area contributed by atoms with Crippen LogP contribution in [-0.4, -0.2) is 5.71 Å². The molecule has 0 aliphatic heterocycles. The third kappa shape index (κ3) is 2.80. The van der Waals surface area contributed by atoms with Crippen molar-refractivity contribution in [3.63, 3.8) is 0 Å². The van der Waals surface area contributed by atoms with Crippen molar-refractivity contribution in [2.24, 2.45) is 9.12 Å². The molecule has 0 atom stereocenters. The highest BCUT2D eigenvalue weighted by molar-refractivity contribution is 14.1. The van der Waals surface area contributed by atoms with Gasteiger partial charge in [0.05, 0.1) is 28.6 Å². The van der Waals surface area contributed by atoms with Gasteiger partial charge in [0.1, 0.15) is 0 Å². The molecule has 0 saturated heterocycles. The van der Waals surface area contributed by atoms with Gasteiger partial charge in [0.25, 0.3) is 0 Å². The van der Waals surface area contributed by atoms with Crippen LogP contribution in [0.25, 0.3) is 0 Å². The summed E-state index contributed by atoms with van der Waals surface area (Å²) in [4.78, 5) is 0. The fraction of sp³-hybridized carbons (Fsp3) is 0.417. The Kier molecular flexibility index (Phi) is 3.56. The second-order valence-electron chi connectivity index (χ2n) is 3.88. The first-order valence-corrected chi connectivity index (χ1v) is 6.10. The van der Waals surface area contributed by atoms with Crippen LogP contribution in [0.1, 0.15) is 31.2 Å². The normalized spacial score (nSPS) is 17.1. The van der Waals surface area contributed by atoms with Gasteiger partial charge >= 0.3 is 0 Å². The Labute approximate surface area is 99.1 Å². The molecule has 0 aromatic heterocycles. The quantitative estimate of drug-likeness (QED) is 0.588. The summed E-state index contributed by atoms with van der Waals surface area (Å²) in [6.07, 6.45) is 5.32. The van der Waals surface area contributed by atoms with Crippen molar-refractivity contribution in [1.82, 2.24) is 0 Å². The van der Waals surface area contributed by atoms with Crippen LogP contribution in [0.3, 0.4) is 0 Å². The lowest BCUT2D eigenvalue weighted by Crippen LogP contribution is -1.99. The third-order valence-corrected chi connectivity index (χ3v) is 3.28. The standard InChI is InChI=1S/C12H14IN/c13-14-12(9-8-10-6-7-10)11-4-2-1-3-5-11/h1-5,10H,6-9H2/b14-12+. The molecule has 1 aliphatic carbocycles. The van der Waals surface area contributed by atoms with Crippen LogP contribution >= 0.6 is 22.9 Å². The molecule has 0 unspecified atom stereocenters. The Morgan fingerprint density at radius 3 is 2.57 bits per heavy atom. The average molecular weight is 299 g/mol. The van der Waals surface area contributed by atoms with E-state index in [1.165, 1.54) is 30.5 Å². The number of hydrogen-bond donors (Lipinski definition) is 0. The lowest BCUT2D eigenvalue weighted by Gasteiger charge is -2.03. The zero-order chi connectivity index (χ0) is 9.80. The molecular formula is C12H14IN. The number of halogens is 1. The minimum Gasteiger partial charge on any atom is -0.219 e. The molecule has 1 saturated carbocycles. The summed E-state index contributed by atoms with van der Waals surface area (Å²) >= 11 is 2.11. The van der Waals surface area contributed by atoms with Gasteiger partial charge in [-0.3, -0.25) is 0 Å². The highest BCUT2D eigenvalue weighted by Crippen LogP contribution is 2.34.